The Labute approximate surface area is 158 Å². The van der Waals surface area contributed by atoms with Gasteiger partial charge < -0.3 is 20.1 Å². The summed E-state index contributed by atoms with van der Waals surface area (Å²) in [6, 6.07) is 18.3. The molecule has 0 saturated carbocycles. The molecule has 3 aromatic rings. The fourth-order valence-corrected chi connectivity index (χ4v) is 2.51. The quantitative estimate of drug-likeness (QED) is 0.647. The molecule has 2 N–H and O–H groups in total. The molecular weight excluding hydrogens is 342 g/mol. The Morgan fingerprint density at radius 3 is 2.63 bits per heavy atom. The summed E-state index contributed by atoms with van der Waals surface area (Å²) in [5, 5.41) is 6.06. The monoisotopic (exact) mass is 363 g/mol. The van der Waals surface area contributed by atoms with Crippen molar-refractivity contribution in [1.29, 1.82) is 0 Å². The highest BCUT2D eigenvalue weighted by atomic mass is 16.5. The molecule has 0 bridgehead atoms. The second-order valence-electron chi connectivity index (χ2n) is 5.67. The molecule has 2 aromatic carbocycles. The Hall–Kier alpha value is -3.54. The summed E-state index contributed by atoms with van der Waals surface area (Å²) in [5.41, 5.74) is 2.58. The highest BCUT2D eigenvalue weighted by Crippen LogP contribution is 2.24. The third-order valence-electron chi connectivity index (χ3n) is 3.79. The number of ether oxygens (including phenoxy) is 2. The number of nitrogens with zero attached hydrogens (tertiary/aromatic N) is 1. The average molecular weight is 363 g/mol. The van der Waals surface area contributed by atoms with Crippen LogP contribution in [0.2, 0.25) is 0 Å². The normalized spacial score (nSPS) is 10.1. The summed E-state index contributed by atoms with van der Waals surface area (Å²) in [4.78, 5) is 16.7. The van der Waals surface area contributed by atoms with E-state index in [9.17, 15) is 4.79 Å². The van der Waals surface area contributed by atoms with E-state index in [1.807, 2.05) is 49.4 Å². The number of aromatic nitrogens is 1. The molecule has 6 nitrogen and oxygen atoms in total. The third-order valence-corrected chi connectivity index (χ3v) is 3.79. The van der Waals surface area contributed by atoms with Gasteiger partial charge in [-0.1, -0.05) is 18.2 Å². The number of pyridine rings is 1. The van der Waals surface area contributed by atoms with Crippen LogP contribution in [0.25, 0.3) is 0 Å². The Balaban J connectivity index is 1.68. The number of rotatable bonds is 7. The largest absolute Gasteiger partial charge is 0.497 e. The van der Waals surface area contributed by atoms with E-state index in [0.29, 0.717) is 23.7 Å². The molecule has 0 aliphatic carbocycles. The maximum Gasteiger partial charge on any atom is 0.274 e. The second-order valence-corrected chi connectivity index (χ2v) is 5.67. The number of methoxy groups -OCH3 is 1. The van der Waals surface area contributed by atoms with Gasteiger partial charge in [0.15, 0.2) is 0 Å². The smallest absolute Gasteiger partial charge is 0.274 e. The van der Waals surface area contributed by atoms with Crippen molar-refractivity contribution in [2.24, 2.45) is 0 Å². The molecule has 0 radical (unpaired) electrons. The van der Waals surface area contributed by atoms with Gasteiger partial charge >= 0.3 is 0 Å². The van der Waals surface area contributed by atoms with E-state index >= 15 is 0 Å². The number of nitrogens with one attached hydrogen (secondary N) is 2. The van der Waals surface area contributed by atoms with E-state index in [2.05, 4.69) is 15.6 Å². The Morgan fingerprint density at radius 2 is 1.89 bits per heavy atom. The van der Waals surface area contributed by atoms with Crippen LogP contribution in [0.4, 0.5) is 17.1 Å². The number of benzene rings is 2. The van der Waals surface area contributed by atoms with E-state index in [4.69, 9.17) is 9.47 Å². The lowest BCUT2D eigenvalue weighted by Gasteiger charge is -2.11. The van der Waals surface area contributed by atoms with E-state index < -0.39 is 0 Å². The minimum absolute atomic E-state index is 0.296. The maximum absolute atomic E-state index is 12.5. The molecule has 1 amide bonds. The lowest BCUT2D eigenvalue weighted by atomic mass is 10.2. The lowest BCUT2D eigenvalue weighted by Crippen LogP contribution is -2.14. The van der Waals surface area contributed by atoms with Gasteiger partial charge in [-0.25, -0.2) is 4.98 Å². The van der Waals surface area contributed by atoms with Crippen molar-refractivity contribution in [3.63, 3.8) is 0 Å². The van der Waals surface area contributed by atoms with Crippen molar-refractivity contribution in [2.75, 3.05) is 24.4 Å². The molecule has 0 atom stereocenters. The first-order valence-electron chi connectivity index (χ1n) is 8.60. The topological polar surface area (TPSA) is 72.5 Å². The zero-order chi connectivity index (χ0) is 19.1. The lowest BCUT2D eigenvalue weighted by molar-refractivity contribution is 0.102. The number of hydrogen-bond acceptors (Lipinski definition) is 5. The molecular formula is C21H21N3O3. The molecule has 3 rings (SSSR count). The number of para-hydroxylation sites is 2. The van der Waals surface area contributed by atoms with E-state index in [1.54, 1.807) is 31.5 Å². The predicted molar refractivity (Wildman–Crippen MR) is 106 cm³/mol. The number of carbonyl (C=O) groups is 1. The minimum atomic E-state index is -0.296. The molecule has 0 saturated heterocycles. The first-order valence-corrected chi connectivity index (χ1v) is 8.60. The van der Waals surface area contributed by atoms with Crippen LogP contribution in [-0.4, -0.2) is 24.6 Å². The van der Waals surface area contributed by atoms with Crippen molar-refractivity contribution in [1.82, 2.24) is 4.98 Å². The standard InChI is InChI=1S/C21H21N3O3/c1-3-27-20-10-5-4-9-18(20)24-21(25)19-12-11-16(14-22-19)23-15-7-6-8-17(13-15)26-2/h4-14,23H,3H2,1-2H3,(H,24,25). The molecule has 0 fully saturated rings. The van der Waals surface area contributed by atoms with Gasteiger partial charge in [0.1, 0.15) is 17.2 Å². The van der Waals surface area contributed by atoms with Crippen LogP contribution < -0.4 is 20.1 Å². The van der Waals surface area contributed by atoms with Gasteiger partial charge in [-0.3, -0.25) is 4.79 Å². The van der Waals surface area contributed by atoms with Gasteiger partial charge in [0.2, 0.25) is 0 Å². The van der Waals surface area contributed by atoms with Crippen LogP contribution in [0.15, 0.2) is 66.9 Å². The van der Waals surface area contributed by atoms with Crippen molar-refractivity contribution in [3.05, 3.63) is 72.6 Å². The van der Waals surface area contributed by atoms with Gasteiger partial charge in [0.05, 0.1) is 31.3 Å². The summed E-state index contributed by atoms with van der Waals surface area (Å²) in [7, 11) is 1.62. The second kappa shape index (κ2) is 8.71. The molecule has 0 unspecified atom stereocenters. The van der Waals surface area contributed by atoms with Crippen LogP contribution >= 0.6 is 0 Å². The molecule has 0 aliphatic rings. The molecule has 27 heavy (non-hydrogen) atoms. The van der Waals surface area contributed by atoms with Crippen LogP contribution in [-0.2, 0) is 0 Å². The zero-order valence-electron chi connectivity index (χ0n) is 15.2. The molecule has 1 heterocycles. The Morgan fingerprint density at radius 1 is 1.04 bits per heavy atom. The Kier molecular flexibility index (Phi) is 5.89. The van der Waals surface area contributed by atoms with E-state index in [1.165, 1.54) is 0 Å². The highest BCUT2D eigenvalue weighted by molar-refractivity contribution is 6.03. The van der Waals surface area contributed by atoms with Gasteiger partial charge in [0.25, 0.3) is 5.91 Å². The van der Waals surface area contributed by atoms with Crippen molar-refractivity contribution < 1.29 is 14.3 Å². The molecule has 0 aliphatic heterocycles. The first-order chi connectivity index (χ1) is 13.2. The number of amides is 1. The van der Waals surface area contributed by atoms with Crippen molar-refractivity contribution in [2.45, 2.75) is 6.92 Å². The number of anilines is 3. The fourth-order valence-electron chi connectivity index (χ4n) is 2.51. The predicted octanol–water partition coefficient (Wildman–Crippen LogP) is 4.48. The third kappa shape index (κ3) is 4.76. The summed E-state index contributed by atoms with van der Waals surface area (Å²) < 4.78 is 10.7. The molecule has 6 heteroatoms. The van der Waals surface area contributed by atoms with Crippen molar-refractivity contribution in [3.8, 4) is 11.5 Å². The summed E-state index contributed by atoms with van der Waals surface area (Å²) >= 11 is 0. The summed E-state index contributed by atoms with van der Waals surface area (Å²) in [6.07, 6.45) is 1.61. The Bertz CT molecular complexity index is 911. The first kappa shape index (κ1) is 18.3. The van der Waals surface area contributed by atoms with Crippen LogP contribution in [0.1, 0.15) is 17.4 Å². The summed E-state index contributed by atoms with van der Waals surface area (Å²) in [5.74, 6) is 1.09. The van der Waals surface area contributed by atoms with Crippen LogP contribution in [0, 0.1) is 0 Å². The van der Waals surface area contributed by atoms with Crippen molar-refractivity contribution >= 4 is 23.0 Å². The minimum Gasteiger partial charge on any atom is -0.497 e. The highest BCUT2D eigenvalue weighted by Gasteiger charge is 2.11. The van der Waals surface area contributed by atoms with Crippen LogP contribution in [0.5, 0.6) is 11.5 Å². The average Bonchev–Trinajstić information content (AvgIpc) is 2.70. The summed E-state index contributed by atoms with van der Waals surface area (Å²) in [6.45, 7) is 2.42. The van der Waals surface area contributed by atoms with E-state index in [-0.39, 0.29) is 5.91 Å². The van der Waals surface area contributed by atoms with E-state index in [0.717, 1.165) is 17.1 Å². The SMILES string of the molecule is CCOc1ccccc1NC(=O)c1ccc(Nc2cccc(OC)c2)cn1. The number of hydrogen-bond donors (Lipinski definition) is 2. The zero-order valence-corrected chi connectivity index (χ0v) is 15.2. The maximum atomic E-state index is 12.5. The van der Waals surface area contributed by atoms with Gasteiger partial charge in [-0.15, -0.1) is 0 Å². The fraction of sp³-hybridized carbons (Fsp3) is 0.143. The van der Waals surface area contributed by atoms with Gasteiger partial charge in [-0.05, 0) is 43.3 Å². The molecule has 1 aromatic heterocycles. The molecule has 138 valence electrons. The van der Waals surface area contributed by atoms with Crippen LogP contribution in [0.3, 0.4) is 0 Å². The molecule has 0 spiro atoms. The van der Waals surface area contributed by atoms with Gasteiger partial charge in [0, 0.05) is 11.8 Å². The number of carbonyl (C=O) groups excluding carboxylic acids is 1. The van der Waals surface area contributed by atoms with Gasteiger partial charge in [-0.2, -0.15) is 0 Å².